The minimum atomic E-state index is 0.925. The second-order valence-electron chi connectivity index (χ2n) is 6.42. The zero-order valence-corrected chi connectivity index (χ0v) is 13.3. The molecule has 3 N–H and O–H groups in total. The van der Waals surface area contributed by atoms with E-state index in [0.717, 1.165) is 58.5 Å². The van der Waals surface area contributed by atoms with Crippen molar-refractivity contribution in [2.24, 2.45) is 4.99 Å². The first-order chi connectivity index (χ1) is 11.8. The smallest absolute Gasteiger partial charge is 0.0431 e. The third-order valence-corrected chi connectivity index (χ3v) is 4.52. The fourth-order valence-corrected chi connectivity index (χ4v) is 3.37. The van der Waals surface area contributed by atoms with Crippen LogP contribution in [0.3, 0.4) is 0 Å². The number of nitrogens with zero attached hydrogens (tertiary/aromatic N) is 1. The van der Waals surface area contributed by atoms with Crippen molar-refractivity contribution in [1.29, 1.82) is 0 Å². The summed E-state index contributed by atoms with van der Waals surface area (Å²) >= 11 is 0. The summed E-state index contributed by atoms with van der Waals surface area (Å²) in [5.41, 5.74) is 6.82. The van der Waals surface area contributed by atoms with E-state index in [1.54, 1.807) is 0 Å². The molecule has 24 heavy (non-hydrogen) atoms. The van der Waals surface area contributed by atoms with Crippen LogP contribution in [0.5, 0.6) is 0 Å². The summed E-state index contributed by atoms with van der Waals surface area (Å²) in [7, 11) is 0. The predicted molar refractivity (Wildman–Crippen MR) is 98.2 cm³/mol. The molecule has 0 amide bonds. The summed E-state index contributed by atoms with van der Waals surface area (Å²) in [4.78, 5) is 11.7. The van der Waals surface area contributed by atoms with Crippen LogP contribution in [0, 0.1) is 0 Å². The lowest BCUT2D eigenvalue weighted by atomic mass is 10.2. The Hall–Kier alpha value is -3.01. The Labute approximate surface area is 139 Å². The minimum absolute atomic E-state index is 0.925. The molecule has 2 aromatic rings. The number of rotatable bonds is 0. The highest BCUT2D eigenvalue weighted by Gasteiger charge is 2.11. The lowest BCUT2D eigenvalue weighted by Crippen LogP contribution is -2.13. The summed E-state index contributed by atoms with van der Waals surface area (Å²) in [5, 5.41) is 5.68. The van der Waals surface area contributed by atoms with Crippen LogP contribution >= 0.6 is 0 Å². The van der Waals surface area contributed by atoms with Crippen molar-refractivity contribution < 1.29 is 0 Å². The van der Waals surface area contributed by atoms with Gasteiger partial charge in [0.1, 0.15) is 0 Å². The molecule has 4 nitrogen and oxygen atoms in total. The molecule has 0 aromatic carbocycles. The van der Waals surface area contributed by atoms with Gasteiger partial charge in [-0.2, -0.15) is 0 Å². The van der Waals surface area contributed by atoms with Gasteiger partial charge in [-0.05, 0) is 61.4 Å². The zero-order chi connectivity index (χ0) is 15.9. The van der Waals surface area contributed by atoms with Crippen molar-refractivity contribution in [2.45, 2.75) is 19.3 Å². The Morgan fingerprint density at radius 2 is 1.62 bits per heavy atom. The van der Waals surface area contributed by atoms with E-state index >= 15 is 0 Å². The summed E-state index contributed by atoms with van der Waals surface area (Å²) < 4.78 is 0. The average molecular weight is 314 g/mol. The van der Waals surface area contributed by atoms with Gasteiger partial charge in [-0.25, -0.2) is 0 Å². The number of aromatic amines is 2. The van der Waals surface area contributed by atoms with Gasteiger partial charge >= 0.3 is 0 Å². The van der Waals surface area contributed by atoms with Crippen molar-refractivity contribution >= 4 is 30.0 Å². The maximum Gasteiger partial charge on any atom is 0.0431 e. The molecule has 0 fully saturated rings. The number of nitrogens with one attached hydrogen (secondary N) is 3. The Balaban J connectivity index is 1.66. The highest BCUT2D eigenvalue weighted by Crippen LogP contribution is 2.22. The molecule has 4 heteroatoms. The van der Waals surface area contributed by atoms with E-state index in [1.165, 1.54) is 5.70 Å². The van der Waals surface area contributed by atoms with E-state index in [2.05, 4.69) is 69.9 Å². The normalized spacial score (nSPS) is 18.7. The van der Waals surface area contributed by atoms with Gasteiger partial charge in [0.05, 0.1) is 0 Å². The largest absolute Gasteiger partial charge is 0.359 e. The van der Waals surface area contributed by atoms with Crippen LogP contribution in [0.25, 0.3) is 24.3 Å². The molecule has 118 valence electrons. The monoisotopic (exact) mass is 314 g/mol. The SMILES string of the molecule is C1=C2CCC(=N2)C=c2ccc([nH]2)=CC2=CCC(=Cc3ccc1[nH]3)N2. The van der Waals surface area contributed by atoms with Gasteiger partial charge in [0.15, 0.2) is 0 Å². The highest BCUT2D eigenvalue weighted by atomic mass is 14.9. The first-order valence-electron chi connectivity index (χ1n) is 8.34. The first-order valence-corrected chi connectivity index (χ1v) is 8.34. The fraction of sp³-hybridized carbons (Fsp3) is 0.150. The lowest BCUT2D eigenvalue weighted by molar-refractivity contribution is 1.05. The van der Waals surface area contributed by atoms with Gasteiger partial charge in [-0.3, -0.25) is 4.99 Å². The maximum atomic E-state index is 4.76. The Morgan fingerprint density at radius 1 is 0.792 bits per heavy atom. The number of H-pyrrole nitrogens is 2. The molecule has 0 saturated carbocycles. The van der Waals surface area contributed by atoms with Gasteiger partial charge in [0, 0.05) is 51.3 Å². The molecule has 0 atom stereocenters. The van der Waals surface area contributed by atoms with Crippen molar-refractivity contribution in [1.82, 2.24) is 15.3 Å². The Morgan fingerprint density at radius 3 is 2.54 bits per heavy atom. The zero-order valence-electron chi connectivity index (χ0n) is 13.3. The molecule has 8 bridgehead atoms. The van der Waals surface area contributed by atoms with Crippen LogP contribution in [0.1, 0.15) is 30.7 Å². The molecule has 0 aliphatic carbocycles. The van der Waals surface area contributed by atoms with E-state index in [4.69, 9.17) is 4.99 Å². The molecule has 0 saturated heterocycles. The van der Waals surface area contributed by atoms with Gasteiger partial charge in [-0.15, -0.1) is 0 Å². The average Bonchev–Trinajstić information content (AvgIpc) is 3.32. The molecule has 0 spiro atoms. The molecule has 2 aromatic heterocycles. The van der Waals surface area contributed by atoms with E-state index in [0.29, 0.717) is 0 Å². The van der Waals surface area contributed by atoms with E-state index in [1.807, 2.05) is 0 Å². The Kier molecular flexibility index (Phi) is 2.95. The van der Waals surface area contributed by atoms with Crippen LogP contribution in [0.15, 0.2) is 52.4 Å². The van der Waals surface area contributed by atoms with Crippen molar-refractivity contribution in [3.8, 4) is 0 Å². The molecular formula is C20H18N4. The lowest BCUT2D eigenvalue weighted by Gasteiger charge is -2.00. The number of aliphatic imine (C=N–C) groups is 1. The standard InChI is InChI=1S/C20H18N4/c1-2-14-10-16-5-6-18(23-16)12-20-8-7-19(24-20)11-17-4-3-15(22-17)9-13(1)21-14/h1-3,7-12,21-22,24H,4-6H2. The second kappa shape index (κ2) is 5.27. The van der Waals surface area contributed by atoms with Crippen LogP contribution in [-0.4, -0.2) is 15.7 Å². The first kappa shape index (κ1) is 13.4. The molecule has 3 aliphatic heterocycles. The third-order valence-electron chi connectivity index (χ3n) is 4.52. The van der Waals surface area contributed by atoms with Crippen LogP contribution in [-0.2, 0) is 0 Å². The molecule has 5 rings (SSSR count). The van der Waals surface area contributed by atoms with Crippen LogP contribution in [0.4, 0.5) is 0 Å². The van der Waals surface area contributed by atoms with Gasteiger partial charge in [0.2, 0.25) is 0 Å². The topological polar surface area (TPSA) is 56.0 Å². The van der Waals surface area contributed by atoms with Crippen molar-refractivity contribution in [3.05, 3.63) is 69.5 Å². The summed E-state index contributed by atoms with van der Waals surface area (Å²) in [6.45, 7) is 0. The summed E-state index contributed by atoms with van der Waals surface area (Å²) in [6, 6.07) is 8.44. The number of allylic oxidation sites excluding steroid dienone is 3. The van der Waals surface area contributed by atoms with Gasteiger partial charge in [-0.1, -0.05) is 6.08 Å². The van der Waals surface area contributed by atoms with Crippen molar-refractivity contribution in [3.63, 3.8) is 0 Å². The Bertz CT molecular complexity index is 1050. The minimum Gasteiger partial charge on any atom is -0.359 e. The maximum absolute atomic E-state index is 4.76. The fourth-order valence-electron chi connectivity index (χ4n) is 3.37. The van der Waals surface area contributed by atoms with E-state index < -0.39 is 0 Å². The van der Waals surface area contributed by atoms with Gasteiger partial charge in [0.25, 0.3) is 0 Å². The molecule has 0 unspecified atom stereocenters. The van der Waals surface area contributed by atoms with Crippen LogP contribution in [0.2, 0.25) is 0 Å². The second-order valence-corrected chi connectivity index (χ2v) is 6.42. The number of hydrogen-bond donors (Lipinski definition) is 3. The highest BCUT2D eigenvalue weighted by molar-refractivity contribution is 6.11. The number of aromatic nitrogens is 2. The number of hydrogen-bond acceptors (Lipinski definition) is 2. The van der Waals surface area contributed by atoms with E-state index in [-0.39, 0.29) is 0 Å². The quantitative estimate of drug-likeness (QED) is 0.687. The summed E-state index contributed by atoms with van der Waals surface area (Å²) in [6.07, 6.45) is 13.7. The van der Waals surface area contributed by atoms with Crippen LogP contribution < -0.4 is 16.0 Å². The molecule has 0 radical (unpaired) electrons. The number of fused-ring (bicyclic) bond motifs is 7. The molecule has 3 aliphatic rings. The predicted octanol–water partition coefficient (Wildman–Crippen LogP) is 2.41. The third kappa shape index (κ3) is 2.56. The summed E-state index contributed by atoms with van der Waals surface area (Å²) in [5.74, 6) is 0. The van der Waals surface area contributed by atoms with E-state index in [9.17, 15) is 0 Å². The van der Waals surface area contributed by atoms with Gasteiger partial charge < -0.3 is 15.3 Å². The molecule has 5 heterocycles. The van der Waals surface area contributed by atoms with Crippen molar-refractivity contribution in [2.75, 3.05) is 0 Å². The molecular weight excluding hydrogens is 296 g/mol.